The molecule has 0 aliphatic carbocycles. The highest BCUT2D eigenvalue weighted by molar-refractivity contribution is 6.64. The summed E-state index contributed by atoms with van der Waals surface area (Å²) in [6.07, 6.45) is 2.21. The number of rotatable bonds is 2. The molecule has 4 atom stereocenters. The van der Waals surface area contributed by atoms with Gasteiger partial charge in [0.2, 0.25) is 0 Å². The molecule has 2 bridgehead atoms. The van der Waals surface area contributed by atoms with E-state index in [1.165, 1.54) is 7.41 Å². The number of fused-ring (bicyclic) bond motifs is 2. The molecular formula is C8H13BFN2O. The summed E-state index contributed by atoms with van der Waals surface area (Å²) in [6.45, 7) is 0. The van der Waals surface area contributed by atoms with Crippen molar-refractivity contribution in [3.8, 4) is 0 Å². The Bertz CT molecular complexity index is 216. The quantitative estimate of drug-likeness (QED) is 0.472. The van der Waals surface area contributed by atoms with Crippen molar-refractivity contribution in [2.45, 2.75) is 43.6 Å². The first-order chi connectivity index (χ1) is 6.24. The van der Waals surface area contributed by atoms with Crippen LogP contribution in [0.3, 0.4) is 0 Å². The minimum atomic E-state index is -0.977. The third kappa shape index (κ3) is 1.40. The van der Waals surface area contributed by atoms with Gasteiger partial charge >= 0.3 is 0 Å². The summed E-state index contributed by atoms with van der Waals surface area (Å²) in [5.41, 5.74) is 5.65. The number of carbonyl (C=O) groups excluding carboxylic acids is 1. The Kier molecular flexibility index (Phi) is 2.38. The van der Waals surface area contributed by atoms with Crippen molar-refractivity contribution >= 4 is 13.6 Å². The molecule has 71 valence electrons. The van der Waals surface area contributed by atoms with Crippen LogP contribution in [0.15, 0.2) is 0 Å². The molecule has 0 aromatic carbocycles. The van der Waals surface area contributed by atoms with Gasteiger partial charge in [0.1, 0.15) is 6.17 Å². The largest absolute Gasteiger partial charge is 0.332 e. The summed E-state index contributed by atoms with van der Waals surface area (Å²) in [5, 5.41) is 0. The van der Waals surface area contributed by atoms with Gasteiger partial charge in [-0.15, -0.1) is 0 Å². The fourth-order valence-corrected chi connectivity index (χ4v) is 2.53. The first-order valence-corrected chi connectivity index (χ1v) is 4.69. The van der Waals surface area contributed by atoms with Crippen LogP contribution in [0, 0.1) is 0 Å². The topological polar surface area (TPSA) is 46.3 Å². The van der Waals surface area contributed by atoms with E-state index >= 15 is 0 Å². The number of alkyl halides is 1. The molecule has 2 saturated heterocycles. The third-order valence-corrected chi connectivity index (χ3v) is 3.15. The second-order valence-electron chi connectivity index (χ2n) is 3.87. The van der Waals surface area contributed by atoms with Crippen LogP contribution in [0.25, 0.3) is 0 Å². The van der Waals surface area contributed by atoms with Crippen LogP contribution >= 0.6 is 0 Å². The molecule has 2 aliphatic heterocycles. The normalized spacial score (nSPS) is 44.8. The maximum Gasteiger partial charge on any atom is 0.293 e. The Hall–Kier alpha value is -0.415. The first-order valence-electron chi connectivity index (χ1n) is 4.69. The van der Waals surface area contributed by atoms with Crippen LogP contribution in [0.2, 0.25) is 0 Å². The van der Waals surface area contributed by atoms with Crippen molar-refractivity contribution in [1.29, 1.82) is 0 Å². The van der Waals surface area contributed by atoms with E-state index in [2.05, 4.69) is 0 Å². The van der Waals surface area contributed by atoms with Gasteiger partial charge < -0.3 is 15.3 Å². The fourth-order valence-electron chi connectivity index (χ4n) is 2.53. The van der Waals surface area contributed by atoms with Crippen molar-refractivity contribution in [3.63, 3.8) is 0 Å². The van der Waals surface area contributed by atoms with E-state index in [-0.39, 0.29) is 18.1 Å². The van der Waals surface area contributed by atoms with E-state index in [9.17, 15) is 9.18 Å². The number of piperidine rings is 1. The van der Waals surface area contributed by atoms with Gasteiger partial charge in [-0.2, -0.15) is 0 Å². The van der Waals surface area contributed by atoms with Crippen molar-refractivity contribution in [1.82, 2.24) is 4.81 Å². The zero-order valence-corrected chi connectivity index (χ0v) is 7.40. The predicted molar refractivity (Wildman–Crippen MR) is 48.6 cm³/mol. The van der Waals surface area contributed by atoms with Gasteiger partial charge in [-0.05, 0) is 19.3 Å². The van der Waals surface area contributed by atoms with Gasteiger partial charge in [0.25, 0.3) is 7.41 Å². The Morgan fingerprint density at radius 2 is 2.31 bits per heavy atom. The zero-order chi connectivity index (χ0) is 9.42. The second kappa shape index (κ2) is 3.38. The van der Waals surface area contributed by atoms with Gasteiger partial charge in [0.05, 0.1) is 6.19 Å². The minimum Gasteiger partial charge on any atom is -0.332 e. The predicted octanol–water partition coefficient (Wildman–Crippen LogP) is -0.302. The molecule has 2 heterocycles. The molecule has 2 fully saturated rings. The average Bonchev–Trinajstić information content (AvgIpc) is 2.41. The second-order valence-corrected chi connectivity index (χ2v) is 3.87. The molecular weight excluding hydrogens is 170 g/mol. The van der Waals surface area contributed by atoms with Gasteiger partial charge in [-0.3, -0.25) is 0 Å². The van der Waals surface area contributed by atoms with Crippen LogP contribution < -0.4 is 5.73 Å². The summed E-state index contributed by atoms with van der Waals surface area (Å²) in [7, 11) is 1.46. The summed E-state index contributed by atoms with van der Waals surface area (Å²) in [4.78, 5) is 12.2. The Morgan fingerprint density at radius 3 is 3.00 bits per heavy atom. The van der Waals surface area contributed by atoms with Gasteiger partial charge in [0, 0.05) is 18.1 Å². The van der Waals surface area contributed by atoms with E-state index in [0.717, 1.165) is 19.0 Å². The summed E-state index contributed by atoms with van der Waals surface area (Å²) < 4.78 is 13.5. The van der Waals surface area contributed by atoms with E-state index in [4.69, 9.17) is 5.73 Å². The monoisotopic (exact) mass is 183 g/mol. The van der Waals surface area contributed by atoms with Crippen LogP contribution in [-0.2, 0) is 4.79 Å². The van der Waals surface area contributed by atoms with E-state index in [1.807, 2.05) is 4.81 Å². The molecule has 5 heteroatoms. The van der Waals surface area contributed by atoms with Crippen molar-refractivity contribution in [2.75, 3.05) is 0 Å². The van der Waals surface area contributed by atoms with Crippen LogP contribution in [0.5, 0.6) is 0 Å². The number of halogens is 1. The summed E-state index contributed by atoms with van der Waals surface area (Å²) >= 11 is 0. The zero-order valence-electron chi connectivity index (χ0n) is 7.40. The summed E-state index contributed by atoms with van der Waals surface area (Å²) in [6, 6.07) is -0.204. The maximum absolute atomic E-state index is 13.5. The van der Waals surface area contributed by atoms with E-state index in [1.54, 1.807) is 0 Å². The smallest absolute Gasteiger partial charge is 0.293 e. The molecule has 2 aliphatic rings. The first kappa shape index (κ1) is 9.15. The van der Waals surface area contributed by atoms with E-state index in [0.29, 0.717) is 6.42 Å². The molecule has 2 rings (SSSR count). The third-order valence-electron chi connectivity index (χ3n) is 3.15. The lowest BCUT2D eigenvalue weighted by Crippen LogP contribution is -2.56. The number of hydrogen-bond acceptors (Lipinski definition) is 3. The SMILES string of the molecule is N[C@@H]1CC2CCC([C@@H]1F)N2[B]C=O. The Labute approximate surface area is 77.7 Å². The maximum atomic E-state index is 13.5. The molecule has 0 amide bonds. The number of nitrogens with two attached hydrogens (primary N) is 1. The number of nitrogens with zero attached hydrogens (tertiary/aromatic N) is 1. The molecule has 0 saturated carbocycles. The standard InChI is InChI=1S/C8H13BFN2O/c10-8-6(11)3-5-1-2-7(8)12(5)9-4-13/h4-8H,1-3,11H2/t5?,6-,7?,8-/m1/s1. The van der Waals surface area contributed by atoms with Crippen molar-refractivity contribution < 1.29 is 9.18 Å². The van der Waals surface area contributed by atoms with Crippen molar-refractivity contribution in [2.24, 2.45) is 5.73 Å². The Morgan fingerprint density at radius 1 is 1.54 bits per heavy atom. The van der Waals surface area contributed by atoms with Gasteiger partial charge in [-0.25, -0.2) is 4.39 Å². The van der Waals surface area contributed by atoms with E-state index < -0.39 is 6.17 Å². The lowest BCUT2D eigenvalue weighted by atomic mass is 9.84. The molecule has 13 heavy (non-hydrogen) atoms. The van der Waals surface area contributed by atoms with Crippen molar-refractivity contribution in [3.05, 3.63) is 0 Å². The molecule has 0 aromatic rings. The van der Waals surface area contributed by atoms with Gasteiger partial charge in [-0.1, -0.05) is 0 Å². The fraction of sp³-hybridized carbons (Fsp3) is 0.875. The molecule has 0 spiro atoms. The van der Waals surface area contributed by atoms with Gasteiger partial charge in [0.15, 0.2) is 0 Å². The number of carbonyl (C=O) groups is 1. The van der Waals surface area contributed by atoms with Crippen LogP contribution in [-0.4, -0.2) is 42.7 Å². The lowest BCUT2D eigenvalue weighted by molar-refractivity contribution is 0.113. The number of hydrogen-bond donors (Lipinski definition) is 1. The van der Waals surface area contributed by atoms with Crippen LogP contribution in [0.4, 0.5) is 4.39 Å². The highest BCUT2D eigenvalue weighted by Crippen LogP contribution is 2.35. The average molecular weight is 183 g/mol. The Balaban J connectivity index is 2.11. The molecule has 2 N–H and O–H groups in total. The molecule has 3 nitrogen and oxygen atoms in total. The molecule has 1 radical (unpaired) electrons. The molecule has 2 unspecified atom stereocenters. The summed E-state index contributed by atoms with van der Waals surface area (Å²) in [5.74, 6) is 0. The molecule has 0 aromatic heterocycles. The highest BCUT2D eigenvalue weighted by atomic mass is 19.1. The van der Waals surface area contributed by atoms with Crippen LogP contribution in [0.1, 0.15) is 19.3 Å². The minimum absolute atomic E-state index is 0.154. The highest BCUT2D eigenvalue weighted by Gasteiger charge is 2.45. The lowest BCUT2D eigenvalue weighted by Gasteiger charge is -2.39.